The topological polar surface area (TPSA) is 37.8 Å². The Labute approximate surface area is 115 Å². The Morgan fingerprint density at radius 2 is 2.06 bits per heavy atom. The monoisotopic (exact) mass is 361 g/mol. The summed E-state index contributed by atoms with van der Waals surface area (Å²) in [6.07, 6.45) is 3.14. The van der Waals surface area contributed by atoms with Gasteiger partial charge in [0.2, 0.25) is 0 Å². The molecule has 0 amide bonds. The van der Waals surface area contributed by atoms with Gasteiger partial charge < -0.3 is 5.32 Å². The van der Waals surface area contributed by atoms with Crippen molar-refractivity contribution in [3.8, 4) is 0 Å². The molecular weight excluding hydrogens is 357 g/mol. The van der Waals surface area contributed by atoms with Gasteiger partial charge in [-0.05, 0) is 34.1 Å². The standard InChI is InChI=1S/C10H6Br2ClN3/c11-6-1-2-9(8(13)3-6)16-10-7(12)4-14-5-15-10/h1-5H,(H,14,15,16). The number of halogens is 3. The maximum atomic E-state index is 6.08. The van der Waals surface area contributed by atoms with Gasteiger partial charge in [-0.25, -0.2) is 9.97 Å². The van der Waals surface area contributed by atoms with Crippen LogP contribution in [0.5, 0.6) is 0 Å². The fourth-order valence-corrected chi connectivity index (χ4v) is 2.16. The highest BCUT2D eigenvalue weighted by Gasteiger charge is 2.04. The normalized spacial score (nSPS) is 10.2. The van der Waals surface area contributed by atoms with Crippen LogP contribution in [-0.4, -0.2) is 9.97 Å². The molecule has 2 rings (SSSR count). The van der Waals surface area contributed by atoms with Gasteiger partial charge in [-0.3, -0.25) is 0 Å². The second kappa shape index (κ2) is 5.12. The number of nitrogens with one attached hydrogen (secondary N) is 1. The SMILES string of the molecule is Clc1cc(Br)ccc1Nc1ncncc1Br. The molecule has 0 saturated heterocycles. The van der Waals surface area contributed by atoms with Gasteiger partial charge >= 0.3 is 0 Å². The minimum absolute atomic E-state index is 0.625. The maximum absolute atomic E-state index is 6.08. The number of rotatable bonds is 2. The molecule has 0 aliphatic rings. The number of aromatic nitrogens is 2. The molecule has 0 saturated carbocycles. The quantitative estimate of drug-likeness (QED) is 0.859. The first-order valence-electron chi connectivity index (χ1n) is 4.34. The van der Waals surface area contributed by atoms with Crippen LogP contribution in [-0.2, 0) is 0 Å². The van der Waals surface area contributed by atoms with E-state index in [1.54, 1.807) is 6.20 Å². The number of anilines is 2. The summed E-state index contributed by atoms with van der Waals surface area (Å²) in [5.41, 5.74) is 0.796. The largest absolute Gasteiger partial charge is 0.338 e. The summed E-state index contributed by atoms with van der Waals surface area (Å²) in [6.45, 7) is 0. The van der Waals surface area contributed by atoms with Crippen molar-refractivity contribution < 1.29 is 0 Å². The summed E-state index contributed by atoms with van der Waals surface area (Å²) >= 11 is 12.8. The molecule has 82 valence electrons. The summed E-state index contributed by atoms with van der Waals surface area (Å²) in [5.74, 6) is 0.680. The molecule has 2 aromatic rings. The second-order valence-electron chi connectivity index (χ2n) is 2.97. The van der Waals surface area contributed by atoms with Gasteiger partial charge in [-0.2, -0.15) is 0 Å². The summed E-state index contributed by atoms with van der Waals surface area (Å²) < 4.78 is 1.72. The molecule has 1 aromatic heterocycles. The molecule has 6 heteroatoms. The van der Waals surface area contributed by atoms with Crippen LogP contribution in [0.1, 0.15) is 0 Å². The van der Waals surface area contributed by atoms with Crippen molar-refractivity contribution in [2.75, 3.05) is 5.32 Å². The van der Waals surface area contributed by atoms with Crippen LogP contribution in [0.2, 0.25) is 5.02 Å². The number of hydrogen-bond acceptors (Lipinski definition) is 3. The highest BCUT2D eigenvalue weighted by molar-refractivity contribution is 9.10. The Morgan fingerprint density at radius 1 is 1.25 bits per heavy atom. The van der Waals surface area contributed by atoms with Gasteiger partial charge in [-0.15, -0.1) is 0 Å². The first kappa shape index (κ1) is 11.8. The molecule has 0 fully saturated rings. The van der Waals surface area contributed by atoms with Gasteiger partial charge in [0.05, 0.1) is 15.2 Å². The van der Waals surface area contributed by atoms with Crippen molar-refractivity contribution in [1.82, 2.24) is 9.97 Å². The molecule has 0 radical (unpaired) electrons. The van der Waals surface area contributed by atoms with Crippen LogP contribution < -0.4 is 5.32 Å². The Bertz CT molecular complexity index is 519. The highest BCUT2D eigenvalue weighted by atomic mass is 79.9. The molecule has 1 aromatic carbocycles. The van der Waals surface area contributed by atoms with E-state index in [9.17, 15) is 0 Å². The van der Waals surface area contributed by atoms with Crippen LogP contribution in [0.4, 0.5) is 11.5 Å². The lowest BCUT2D eigenvalue weighted by atomic mass is 10.3. The zero-order valence-corrected chi connectivity index (χ0v) is 11.8. The summed E-state index contributed by atoms with van der Waals surface area (Å²) in [5, 5.41) is 3.74. The molecule has 3 nitrogen and oxygen atoms in total. The fourth-order valence-electron chi connectivity index (χ4n) is 1.12. The van der Waals surface area contributed by atoms with Crippen LogP contribution in [0, 0.1) is 0 Å². The van der Waals surface area contributed by atoms with Gasteiger partial charge in [0.1, 0.15) is 12.1 Å². The predicted molar refractivity (Wildman–Crippen MR) is 72.2 cm³/mol. The molecule has 0 spiro atoms. The summed E-state index contributed by atoms with van der Waals surface area (Å²) in [6, 6.07) is 5.60. The molecule has 1 heterocycles. The lowest BCUT2D eigenvalue weighted by molar-refractivity contribution is 1.15. The third-order valence-corrected chi connectivity index (χ3v) is 3.24. The van der Waals surface area contributed by atoms with E-state index in [0.29, 0.717) is 10.8 Å². The second-order valence-corrected chi connectivity index (χ2v) is 5.15. The molecular formula is C10H6Br2ClN3. The minimum Gasteiger partial charge on any atom is -0.338 e. The van der Waals surface area contributed by atoms with Crippen molar-refractivity contribution in [2.24, 2.45) is 0 Å². The van der Waals surface area contributed by atoms with Crippen LogP contribution in [0.3, 0.4) is 0 Å². The summed E-state index contributed by atoms with van der Waals surface area (Å²) in [4.78, 5) is 7.98. The third kappa shape index (κ3) is 2.72. The van der Waals surface area contributed by atoms with E-state index in [4.69, 9.17) is 11.6 Å². The highest BCUT2D eigenvalue weighted by Crippen LogP contribution is 2.29. The van der Waals surface area contributed by atoms with Gasteiger partial charge in [0.15, 0.2) is 0 Å². The van der Waals surface area contributed by atoms with Gasteiger partial charge in [-0.1, -0.05) is 27.5 Å². The smallest absolute Gasteiger partial charge is 0.148 e. The molecule has 0 unspecified atom stereocenters. The Balaban J connectivity index is 2.31. The molecule has 0 aliphatic heterocycles. The third-order valence-electron chi connectivity index (χ3n) is 1.85. The maximum Gasteiger partial charge on any atom is 0.148 e. The van der Waals surface area contributed by atoms with Crippen molar-refractivity contribution in [3.05, 3.63) is 44.7 Å². The van der Waals surface area contributed by atoms with Crippen molar-refractivity contribution >= 4 is 55.0 Å². The van der Waals surface area contributed by atoms with E-state index >= 15 is 0 Å². The Hall–Kier alpha value is -0.650. The first-order valence-corrected chi connectivity index (χ1v) is 6.31. The number of hydrogen-bond donors (Lipinski definition) is 1. The average molecular weight is 363 g/mol. The van der Waals surface area contributed by atoms with Gasteiger partial charge in [0, 0.05) is 10.7 Å². The lowest BCUT2D eigenvalue weighted by Crippen LogP contribution is -1.95. The Morgan fingerprint density at radius 3 is 2.75 bits per heavy atom. The zero-order chi connectivity index (χ0) is 11.5. The van der Waals surface area contributed by atoms with Crippen molar-refractivity contribution in [1.29, 1.82) is 0 Å². The summed E-state index contributed by atoms with van der Waals surface area (Å²) in [7, 11) is 0. The molecule has 0 atom stereocenters. The van der Waals surface area contributed by atoms with E-state index in [2.05, 4.69) is 47.1 Å². The van der Waals surface area contributed by atoms with E-state index in [1.807, 2.05) is 18.2 Å². The number of nitrogens with zero attached hydrogens (tertiary/aromatic N) is 2. The minimum atomic E-state index is 0.625. The van der Waals surface area contributed by atoms with E-state index in [0.717, 1.165) is 14.6 Å². The van der Waals surface area contributed by atoms with E-state index in [-0.39, 0.29) is 0 Å². The average Bonchev–Trinajstić information content (AvgIpc) is 2.25. The van der Waals surface area contributed by atoms with Crippen molar-refractivity contribution in [2.45, 2.75) is 0 Å². The van der Waals surface area contributed by atoms with E-state index < -0.39 is 0 Å². The Kier molecular flexibility index (Phi) is 3.78. The van der Waals surface area contributed by atoms with Crippen LogP contribution >= 0.6 is 43.5 Å². The fraction of sp³-hybridized carbons (Fsp3) is 0. The van der Waals surface area contributed by atoms with Crippen molar-refractivity contribution in [3.63, 3.8) is 0 Å². The first-order chi connectivity index (χ1) is 7.66. The predicted octanol–water partition coefficient (Wildman–Crippen LogP) is 4.40. The van der Waals surface area contributed by atoms with Crippen LogP contribution in [0.15, 0.2) is 39.7 Å². The lowest BCUT2D eigenvalue weighted by Gasteiger charge is -2.08. The molecule has 0 bridgehead atoms. The molecule has 0 aliphatic carbocycles. The molecule has 16 heavy (non-hydrogen) atoms. The van der Waals surface area contributed by atoms with Gasteiger partial charge in [0.25, 0.3) is 0 Å². The molecule has 1 N–H and O–H groups in total. The van der Waals surface area contributed by atoms with E-state index in [1.165, 1.54) is 6.33 Å². The number of benzene rings is 1. The van der Waals surface area contributed by atoms with Crippen LogP contribution in [0.25, 0.3) is 0 Å². The zero-order valence-electron chi connectivity index (χ0n) is 7.92.